The van der Waals surface area contributed by atoms with Crippen LogP contribution in [-0.2, 0) is 4.79 Å². The Morgan fingerprint density at radius 1 is 1.44 bits per heavy atom. The second kappa shape index (κ2) is 7.10. The highest BCUT2D eigenvalue weighted by Crippen LogP contribution is 2.24. The van der Waals surface area contributed by atoms with Crippen molar-refractivity contribution in [1.82, 2.24) is 10.6 Å². The maximum absolute atomic E-state index is 12.1. The molecule has 4 nitrogen and oxygen atoms in total. The summed E-state index contributed by atoms with van der Waals surface area (Å²) < 4.78 is 0. The zero-order valence-corrected chi connectivity index (χ0v) is 12.0. The predicted octanol–water partition coefficient (Wildman–Crippen LogP) is 1.29. The molecule has 0 aromatic carbocycles. The number of amides is 1. The fourth-order valence-electron chi connectivity index (χ4n) is 2.48. The van der Waals surface area contributed by atoms with E-state index in [4.69, 9.17) is 0 Å². The Morgan fingerprint density at radius 2 is 2.11 bits per heavy atom. The lowest BCUT2D eigenvalue weighted by molar-refractivity contribution is -0.124. The Kier molecular flexibility index (Phi) is 6.09. The third kappa shape index (κ3) is 3.95. The lowest BCUT2D eigenvalue weighted by Crippen LogP contribution is -2.51. The summed E-state index contributed by atoms with van der Waals surface area (Å²) in [4.78, 5) is 12.1. The number of hydrogen-bond donors (Lipinski definition) is 3. The zero-order valence-electron chi connectivity index (χ0n) is 12.0. The van der Waals surface area contributed by atoms with Crippen molar-refractivity contribution in [1.29, 1.82) is 0 Å². The molecule has 18 heavy (non-hydrogen) atoms. The van der Waals surface area contributed by atoms with Crippen LogP contribution in [0.3, 0.4) is 0 Å². The summed E-state index contributed by atoms with van der Waals surface area (Å²) in [6, 6.07) is -0.0566. The quantitative estimate of drug-likeness (QED) is 0.671. The van der Waals surface area contributed by atoms with Gasteiger partial charge in [-0.3, -0.25) is 4.79 Å². The Balaban J connectivity index is 2.44. The van der Waals surface area contributed by atoms with Gasteiger partial charge >= 0.3 is 0 Å². The van der Waals surface area contributed by atoms with Crippen LogP contribution >= 0.6 is 0 Å². The molecule has 2 unspecified atom stereocenters. The molecule has 0 radical (unpaired) electrons. The van der Waals surface area contributed by atoms with E-state index in [-0.39, 0.29) is 24.0 Å². The van der Waals surface area contributed by atoms with Crippen LogP contribution in [0.15, 0.2) is 0 Å². The number of piperidine rings is 1. The molecule has 0 aromatic heterocycles. The number of aliphatic hydroxyl groups excluding tert-OH is 1. The number of carbonyl (C=O) groups excluding carboxylic acids is 1. The fourth-order valence-corrected chi connectivity index (χ4v) is 2.48. The fraction of sp³-hybridized carbons (Fsp3) is 0.929. The molecule has 1 amide bonds. The molecule has 0 bridgehead atoms. The molecule has 1 aliphatic rings. The number of rotatable bonds is 6. The lowest BCUT2D eigenvalue weighted by Gasteiger charge is -2.32. The van der Waals surface area contributed by atoms with Crippen molar-refractivity contribution in [3.8, 4) is 0 Å². The Bertz CT molecular complexity index is 256. The number of hydrogen-bond acceptors (Lipinski definition) is 3. The van der Waals surface area contributed by atoms with E-state index in [1.165, 1.54) is 0 Å². The second-order valence-corrected chi connectivity index (χ2v) is 5.72. The maximum atomic E-state index is 12.1. The molecule has 0 spiro atoms. The van der Waals surface area contributed by atoms with E-state index < -0.39 is 0 Å². The number of nitrogens with one attached hydrogen (secondary N) is 2. The highest BCUT2D eigenvalue weighted by atomic mass is 16.3. The molecular formula is C14H28N2O2. The van der Waals surface area contributed by atoms with Gasteiger partial charge in [-0.15, -0.1) is 0 Å². The van der Waals surface area contributed by atoms with E-state index in [0.717, 1.165) is 32.2 Å². The summed E-state index contributed by atoms with van der Waals surface area (Å²) in [5, 5.41) is 15.7. The van der Waals surface area contributed by atoms with Crippen LogP contribution in [0.25, 0.3) is 0 Å². The SMILES string of the molecule is CCC(CC)(CO)CNC(=O)C1CC(C)CCN1. The predicted molar refractivity (Wildman–Crippen MR) is 73.3 cm³/mol. The summed E-state index contributed by atoms with van der Waals surface area (Å²) in [6.07, 6.45) is 3.83. The monoisotopic (exact) mass is 256 g/mol. The van der Waals surface area contributed by atoms with E-state index in [9.17, 15) is 9.90 Å². The van der Waals surface area contributed by atoms with Gasteiger partial charge in [0, 0.05) is 12.0 Å². The van der Waals surface area contributed by atoms with Crippen LogP contribution in [0.5, 0.6) is 0 Å². The molecule has 1 fully saturated rings. The van der Waals surface area contributed by atoms with Crippen LogP contribution in [0, 0.1) is 11.3 Å². The molecule has 0 aliphatic carbocycles. The summed E-state index contributed by atoms with van der Waals surface area (Å²) >= 11 is 0. The highest BCUT2D eigenvalue weighted by molar-refractivity contribution is 5.81. The van der Waals surface area contributed by atoms with Crippen molar-refractivity contribution in [2.24, 2.45) is 11.3 Å². The van der Waals surface area contributed by atoms with E-state index in [1.807, 2.05) is 0 Å². The van der Waals surface area contributed by atoms with Crippen molar-refractivity contribution < 1.29 is 9.90 Å². The van der Waals surface area contributed by atoms with Gasteiger partial charge in [-0.05, 0) is 38.1 Å². The first-order chi connectivity index (χ1) is 8.56. The smallest absolute Gasteiger partial charge is 0.237 e. The summed E-state index contributed by atoms with van der Waals surface area (Å²) in [5.41, 5.74) is -0.157. The summed E-state index contributed by atoms with van der Waals surface area (Å²) in [6.45, 7) is 7.94. The lowest BCUT2D eigenvalue weighted by atomic mass is 9.83. The molecule has 4 heteroatoms. The largest absolute Gasteiger partial charge is 0.396 e. The molecule has 2 atom stereocenters. The first-order valence-electron chi connectivity index (χ1n) is 7.19. The minimum Gasteiger partial charge on any atom is -0.396 e. The molecule has 106 valence electrons. The first kappa shape index (κ1) is 15.4. The van der Waals surface area contributed by atoms with E-state index in [2.05, 4.69) is 31.4 Å². The van der Waals surface area contributed by atoms with Gasteiger partial charge in [0.2, 0.25) is 5.91 Å². The summed E-state index contributed by atoms with van der Waals surface area (Å²) in [7, 11) is 0. The standard InChI is InChI=1S/C14H28N2O2/c1-4-14(5-2,10-17)9-16-13(18)12-8-11(3)6-7-15-12/h11-12,15,17H,4-10H2,1-3H3,(H,16,18). The van der Waals surface area contributed by atoms with Crippen LogP contribution in [0.4, 0.5) is 0 Å². The van der Waals surface area contributed by atoms with Crippen molar-refractivity contribution >= 4 is 5.91 Å². The molecule has 3 N–H and O–H groups in total. The minimum absolute atomic E-state index is 0.0566. The van der Waals surface area contributed by atoms with Crippen LogP contribution in [0.2, 0.25) is 0 Å². The molecule has 1 aliphatic heterocycles. The van der Waals surface area contributed by atoms with Crippen molar-refractivity contribution in [3.63, 3.8) is 0 Å². The molecular weight excluding hydrogens is 228 g/mol. The van der Waals surface area contributed by atoms with Gasteiger partial charge in [-0.1, -0.05) is 20.8 Å². The topological polar surface area (TPSA) is 61.4 Å². The van der Waals surface area contributed by atoms with Gasteiger partial charge in [0.25, 0.3) is 0 Å². The average molecular weight is 256 g/mol. The van der Waals surface area contributed by atoms with Crippen LogP contribution < -0.4 is 10.6 Å². The van der Waals surface area contributed by atoms with E-state index in [0.29, 0.717) is 12.5 Å². The first-order valence-corrected chi connectivity index (χ1v) is 7.19. The second-order valence-electron chi connectivity index (χ2n) is 5.72. The molecule has 1 saturated heterocycles. The van der Waals surface area contributed by atoms with Crippen molar-refractivity contribution in [2.45, 2.75) is 52.5 Å². The van der Waals surface area contributed by atoms with Gasteiger partial charge in [0.1, 0.15) is 0 Å². The Hall–Kier alpha value is -0.610. The number of aliphatic hydroxyl groups is 1. The van der Waals surface area contributed by atoms with Gasteiger partial charge in [0.15, 0.2) is 0 Å². The van der Waals surface area contributed by atoms with Crippen molar-refractivity contribution in [3.05, 3.63) is 0 Å². The third-order valence-electron chi connectivity index (χ3n) is 4.46. The third-order valence-corrected chi connectivity index (χ3v) is 4.46. The minimum atomic E-state index is -0.157. The summed E-state index contributed by atoms with van der Waals surface area (Å²) in [5.74, 6) is 0.697. The van der Waals surface area contributed by atoms with Gasteiger partial charge in [-0.2, -0.15) is 0 Å². The normalized spacial score (nSPS) is 24.9. The Morgan fingerprint density at radius 3 is 2.61 bits per heavy atom. The molecule has 0 saturated carbocycles. The van der Waals surface area contributed by atoms with Gasteiger partial charge in [0.05, 0.1) is 12.6 Å². The van der Waals surface area contributed by atoms with Gasteiger partial charge < -0.3 is 15.7 Å². The van der Waals surface area contributed by atoms with Crippen molar-refractivity contribution in [2.75, 3.05) is 19.7 Å². The number of carbonyl (C=O) groups is 1. The highest BCUT2D eigenvalue weighted by Gasteiger charge is 2.29. The van der Waals surface area contributed by atoms with E-state index >= 15 is 0 Å². The van der Waals surface area contributed by atoms with E-state index in [1.54, 1.807) is 0 Å². The molecule has 1 heterocycles. The zero-order chi connectivity index (χ0) is 13.6. The van der Waals surface area contributed by atoms with Crippen LogP contribution in [0.1, 0.15) is 46.5 Å². The Labute approximate surface area is 111 Å². The molecule has 0 aromatic rings. The van der Waals surface area contributed by atoms with Gasteiger partial charge in [-0.25, -0.2) is 0 Å². The average Bonchev–Trinajstić information content (AvgIpc) is 2.40. The van der Waals surface area contributed by atoms with Crippen LogP contribution in [-0.4, -0.2) is 36.8 Å². The molecule has 1 rings (SSSR count). The maximum Gasteiger partial charge on any atom is 0.237 e.